The molecule has 1 aromatic rings. The fourth-order valence-corrected chi connectivity index (χ4v) is 1.46. The third kappa shape index (κ3) is 2.69. The van der Waals surface area contributed by atoms with Gasteiger partial charge in [0.2, 0.25) is 0 Å². The zero-order valence-corrected chi connectivity index (χ0v) is 8.66. The van der Waals surface area contributed by atoms with Crippen LogP contribution >= 0.6 is 15.9 Å². The van der Waals surface area contributed by atoms with Gasteiger partial charge in [-0.25, -0.2) is 0 Å². The van der Waals surface area contributed by atoms with Gasteiger partial charge < -0.3 is 15.9 Å². The number of rotatable bonds is 3. The molecule has 0 saturated carbocycles. The molecule has 3 nitrogen and oxygen atoms in total. The number of phenolic OH excluding ortho intramolecular Hbond substituents is 1. The molecule has 4 N–H and O–H groups in total. The van der Waals surface area contributed by atoms with Gasteiger partial charge in [-0.15, -0.1) is 0 Å². The van der Waals surface area contributed by atoms with E-state index in [0.717, 1.165) is 5.56 Å². The summed E-state index contributed by atoms with van der Waals surface area (Å²) in [6.45, 7) is 0.0691. The summed E-state index contributed by atoms with van der Waals surface area (Å²) in [5, 5.41) is 17.9. The first-order valence-corrected chi connectivity index (χ1v) is 4.79. The molecule has 72 valence electrons. The average molecular weight is 246 g/mol. The molecule has 0 heterocycles. The van der Waals surface area contributed by atoms with E-state index in [0.29, 0.717) is 10.9 Å². The van der Waals surface area contributed by atoms with E-state index in [-0.39, 0.29) is 18.4 Å². The molecule has 1 rings (SSSR count). The number of hydrogen-bond acceptors (Lipinski definition) is 3. The summed E-state index contributed by atoms with van der Waals surface area (Å²) in [4.78, 5) is 0. The SMILES string of the molecule is NC(CCO)c1ccc(O)c(Br)c1. The zero-order chi connectivity index (χ0) is 9.84. The second-order valence-electron chi connectivity index (χ2n) is 2.83. The molecule has 0 aliphatic rings. The van der Waals surface area contributed by atoms with E-state index in [1.807, 2.05) is 0 Å². The number of nitrogens with two attached hydrogens (primary N) is 1. The Morgan fingerprint density at radius 2 is 2.15 bits per heavy atom. The molecule has 0 aliphatic carbocycles. The third-order valence-corrected chi connectivity index (χ3v) is 2.48. The molecule has 0 amide bonds. The number of aliphatic hydroxyl groups is 1. The van der Waals surface area contributed by atoms with Crippen LogP contribution in [0.2, 0.25) is 0 Å². The van der Waals surface area contributed by atoms with Crippen molar-refractivity contribution in [1.82, 2.24) is 0 Å². The highest BCUT2D eigenvalue weighted by Gasteiger charge is 2.06. The number of phenols is 1. The summed E-state index contributed by atoms with van der Waals surface area (Å²) < 4.78 is 0.624. The number of aliphatic hydroxyl groups excluding tert-OH is 1. The molecule has 13 heavy (non-hydrogen) atoms. The van der Waals surface area contributed by atoms with Crippen LogP contribution in [-0.4, -0.2) is 16.8 Å². The van der Waals surface area contributed by atoms with Crippen LogP contribution in [0.1, 0.15) is 18.0 Å². The molecule has 1 aromatic carbocycles. The Hall–Kier alpha value is -0.580. The number of halogens is 1. The maximum atomic E-state index is 9.22. The van der Waals surface area contributed by atoms with Gasteiger partial charge in [-0.05, 0) is 40.0 Å². The van der Waals surface area contributed by atoms with Crippen LogP contribution in [0.5, 0.6) is 5.75 Å². The van der Waals surface area contributed by atoms with Crippen molar-refractivity contribution < 1.29 is 10.2 Å². The Morgan fingerprint density at radius 1 is 1.46 bits per heavy atom. The predicted molar refractivity (Wildman–Crippen MR) is 54.4 cm³/mol. The maximum Gasteiger partial charge on any atom is 0.129 e. The minimum Gasteiger partial charge on any atom is -0.507 e. The molecule has 0 saturated heterocycles. The molecule has 0 spiro atoms. The fraction of sp³-hybridized carbons (Fsp3) is 0.333. The Bertz CT molecular complexity index is 291. The molecular formula is C9H12BrNO2. The molecule has 1 atom stereocenters. The highest BCUT2D eigenvalue weighted by Crippen LogP contribution is 2.27. The van der Waals surface area contributed by atoms with Gasteiger partial charge in [0, 0.05) is 12.6 Å². The smallest absolute Gasteiger partial charge is 0.129 e. The summed E-state index contributed by atoms with van der Waals surface area (Å²) in [7, 11) is 0. The minimum absolute atomic E-state index is 0.0691. The average Bonchev–Trinajstić information content (AvgIpc) is 2.10. The van der Waals surface area contributed by atoms with E-state index in [4.69, 9.17) is 10.8 Å². The van der Waals surface area contributed by atoms with E-state index in [9.17, 15) is 5.11 Å². The van der Waals surface area contributed by atoms with Crippen LogP contribution in [0.15, 0.2) is 22.7 Å². The van der Waals surface area contributed by atoms with E-state index in [2.05, 4.69) is 15.9 Å². The number of hydrogen-bond donors (Lipinski definition) is 3. The Labute approximate surface area is 85.3 Å². The molecule has 4 heteroatoms. The first-order chi connectivity index (χ1) is 6.15. The van der Waals surface area contributed by atoms with Crippen LogP contribution in [0.3, 0.4) is 0 Å². The van der Waals surface area contributed by atoms with Crippen molar-refractivity contribution in [2.24, 2.45) is 5.73 Å². The topological polar surface area (TPSA) is 66.5 Å². The lowest BCUT2D eigenvalue weighted by Crippen LogP contribution is -2.11. The number of benzene rings is 1. The van der Waals surface area contributed by atoms with Gasteiger partial charge in [0.25, 0.3) is 0 Å². The van der Waals surface area contributed by atoms with Gasteiger partial charge in [-0.1, -0.05) is 6.07 Å². The predicted octanol–water partition coefficient (Wildman–Crippen LogP) is 1.54. The Kier molecular flexibility index (Phi) is 3.71. The summed E-state index contributed by atoms with van der Waals surface area (Å²) in [5.74, 6) is 0.194. The van der Waals surface area contributed by atoms with E-state index < -0.39 is 0 Å². The highest BCUT2D eigenvalue weighted by molar-refractivity contribution is 9.10. The van der Waals surface area contributed by atoms with Crippen molar-refractivity contribution in [2.75, 3.05) is 6.61 Å². The van der Waals surface area contributed by atoms with Crippen molar-refractivity contribution in [1.29, 1.82) is 0 Å². The first kappa shape index (κ1) is 10.5. The van der Waals surface area contributed by atoms with Crippen LogP contribution in [0.4, 0.5) is 0 Å². The van der Waals surface area contributed by atoms with E-state index >= 15 is 0 Å². The first-order valence-electron chi connectivity index (χ1n) is 4.00. The van der Waals surface area contributed by atoms with Gasteiger partial charge in [-0.3, -0.25) is 0 Å². The van der Waals surface area contributed by atoms with Crippen LogP contribution in [0.25, 0.3) is 0 Å². The van der Waals surface area contributed by atoms with Gasteiger partial charge >= 0.3 is 0 Å². The largest absolute Gasteiger partial charge is 0.507 e. The standard InChI is InChI=1S/C9H12BrNO2/c10-7-5-6(1-2-9(7)13)8(11)3-4-12/h1-2,5,8,12-13H,3-4,11H2. The van der Waals surface area contributed by atoms with Crippen LogP contribution < -0.4 is 5.73 Å². The Balaban J connectivity index is 2.84. The summed E-state index contributed by atoms with van der Waals surface area (Å²) in [6, 6.07) is 4.91. The second kappa shape index (κ2) is 4.60. The fourth-order valence-electron chi connectivity index (χ4n) is 1.06. The van der Waals surface area contributed by atoms with Crippen LogP contribution in [0, 0.1) is 0 Å². The van der Waals surface area contributed by atoms with Gasteiger partial charge in [0.1, 0.15) is 5.75 Å². The lowest BCUT2D eigenvalue weighted by Gasteiger charge is -2.10. The quantitative estimate of drug-likeness (QED) is 0.757. The van der Waals surface area contributed by atoms with Crippen molar-refractivity contribution in [2.45, 2.75) is 12.5 Å². The monoisotopic (exact) mass is 245 g/mol. The highest BCUT2D eigenvalue weighted by atomic mass is 79.9. The van der Waals surface area contributed by atoms with Crippen molar-refractivity contribution in [3.05, 3.63) is 28.2 Å². The van der Waals surface area contributed by atoms with Crippen molar-refractivity contribution >= 4 is 15.9 Å². The molecular weight excluding hydrogens is 234 g/mol. The third-order valence-electron chi connectivity index (χ3n) is 1.84. The van der Waals surface area contributed by atoms with Gasteiger partial charge in [-0.2, -0.15) is 0 Å². The van der Waals surface area contributed by atoms with Crippen molar-refractivity contribution in [3.8, 4) is 5.75 Å². The summed E-state index contributed by atoms with van der Waals surface area (Å²) in [6.07, 6.45) is 0.525. The normalized spacial score (nSPS) is 12.8. The summed E-state index contributed by atoms with van der Waals surface area (Å²) in [5.41, 5.74) is 6.66. The van der Waals surface area contributed by atoms with Gasteiger partial charge in [0.15, 0.2) is 0 Å². The van der Waals surface area contributed by atoms with E-state index in [1.165, 1.54) is 0 Å². The minimum atomic E-state index is -0.179. The summed E-state index contributed by atoms with van der Waals surface area (Å²) >= 11 is 3.20. The van der Waals surface area contributed by atoms with Crippen LogP contribution in [-0.2, 0) is 0 Å². The van der Waals surface area contributed by atoms with Gasteiger partial charge in [0.05, 0.1) is 4.47 Å². The van der Waals surface area contributed by atoms with Crippen molar-refractivity contribution in [3.63, 3.8) is 0 Å². The molecule has 0 aromatic heterocycles. The molecule has 0 fully saturated rings. The molecule has 0 aliphatic heterocycles. The molecule has 0 bridgehead atoms. The lowest BCUT2D eigenvalue weighted by atomic mass is 10.1. The number of aromatic hydroxyl groups is 1. The Morgan fingerprint density at radius 3 is 2.69 bits per heavy atom. The molecule has 0 radical (unpaired) electrons. The lowest BCUT2D eigenvalue weighted by molar-refractivity contribution is 0.276. The molecule has 1 unspecified atom stereocenters. The maximum absolute atomic E-state index is 9.22. The second-order valence-corrected chi connectivity index (χ2v) is 3.68. The zero-order valence-electron chi connectivity index (χ0n) is 7.07. The van der Waals surface area contributed by atoms with E-state index in [1.54, 1.807) is 18.2 Å².